The van der Waals surface area contributed by atoms with E-state index in [0.29, 0.717) is 17.2 Å². The van der Waals surface area contributed by atoms with Crippen molar-refractivity contribution in [3.8, 4) is 11.5 Å². The van der Waals surface area contributed by atoms with Gasteiger partial charge in [0.25, 0.3) is 10.0 Å². The lowest BCUT2D eigenvalue weighted by atomic mass is 9.77. The highest BCUT2D eigenvalue weighted by atomic mass is 32.2. The zero-order valence-corrected chi connectivity index (χ0v) is 21.2. The summed E-state index contributed by atoms with van der Waals surface area (Å²) in [7, 11) is -0.602. The van der Waals surface area contributed by atoms with Gasteiger partial charge in [0.2, 0.25) is 0 Å². The van der Waals surface area contributed by atoms with Gasteiger partial charge in [-0.1, -0.05) is 36.4 Å². The summed E-state index contributed by atoms with van der Waals surface area (Å²) >= 11 is 0. The molecule has 2 aliphatic rings. The van der Waals surface area contributed by atoms with Crippen molar-refractivity contribution in [2.45, 2.75) is 30.2 Å². The Hall–Kier alpha value is -3.78. The van der Waals surface area contributed by atoms with Gasteiger partial charge in [-0.05, 0) is 65.9 Å². The van der Waals surface area contributed by atoms with E-state index in [9.17, 15) is 13.2 Å². The predicted octanol–water partition coefficient (Wildman–Crippen LogP) is 5.27. The summed E-state index contributed by atoms with van der Waals surface area (Å²) in [6.45, 7) is 1.36. The zero-order valence-electron chi connectivity index (χ0n) is 20.3. The number of nitrogens with one attached hydrogen (secondary N) is 1. The predicted molar refractivity (Wildman–Crippen MR) is 139 cm³/mol. The monoisotopic (exact) mass is 504 g/mol. The molecule has 0 fully saturated rings. The molecule has 0 aromatic heterocycles. The van der Waals surface area contributed by atoms with Crippen LogP contribution in [-0.4, -0.2) is 28.5 Å². The van der Waals surface area contributed by atoms with Crippen LogP contribution >= 0.6 is 0 Å². The van der Waals surface area contributed by atoms with E-state index in [0.717, 1.165) is 23.2 Å². The largest absolute Gasteiger partial charge is 0.493 e. The number of anilines is 2. The first-order valence-electron chi connectivity index (χ1n) is 11.8. The van der Waals surface area contributed by atoms with Crippen LogP contribution < -0.4 is 19.1 Å². The smallest absolute Gasteiger partial charge is 0.308 e. The quantitative estimate of drug-likeness (QED) is 0.280. The van der Waals surface area contributed by atoms with E-state index in [2.05, 4.69) is 17.5 Å². The van der Waals surface area contributed by atoms with Gasteiger partial charge >= 0.3 is 5.97 Å². The Morgan fingerprint density at radius 2 is 1.81 bits per heavy atom. The number of benzene rings is 3. The summed E-state index contributed by atoms with van der Waals surface area (Å²) in [6, 6.07) is 19.9. The maximum atomic E-state index is 13.4. The average molecular weight is 505 g/mol. The SMILES string of the molecule is COc1cc(C2Nc3ccc(S(=O)(=O)N(C)c4ccccc4)cc3C3C=CCC32)ccc1OC(C)=O. The first-order valence-corrected chi connectivity index (χ1v) is 13.2. The second-order valence-corrected chi connectivity index (χ2v) is 11.0. The summed E-state index contributed by atoms with van der Waals surface area (Å²) in [5.41, 5.74) is 3.49. The van der Waals surface area contributed by atoms with E-state index < -0.39 is 16.0 Å². The molecule has 1 aliphatic heterocycles. The van der Waals surface area contributed by atoms with Crippen molar-refractivity contribution in [1.29, 1.82) is 0 Å². The van der Waals surface area contributed by atoms with Crippen LogP contribution in [-0.2, 0) is 14.8 Å². The summed E-state index contributed by atoms with van der Waals surface area (Å²) < 4.78 is 38.9. The molecule has 36 heavy (non-hydrogen) atoms. The molecule has 3 aromatic rings. The third kappa shape index (κ3) is 4.22. The molecule has 0 spiro atoms. The number of ether oxygens (including phenoxy) is 2. The highest BCUT2D eigenvalue weighted by Crippen LogP contribution is 2.51. The van der Waals surface area contributed by atoms with Crippen molar-refractivity contribution < 1.29 is 22.7 Å². The molecule has 5 rings (SSSR count). The molecule has 1 aliphatic carbocycles. The first kappa shape index (κ1) is 23.9. The maximum Gasteiger partial charge on any atom is 0.308 e. The Morgan fingerprint density at radius 1 is 1.03 bits per heavy atom. The van der Waals surface area contributed by atoms with Crippen LogP contribution in [0.25, 0.3) is 0 Å². The molecule has 0 amide bonds. The van der Waals surface area contributed by atoms with Gasteiger partial charge in [-0.15, -0.1) is 0 Å². The number of para-hydroxylation sites is 1. The minimum absolute atomic E-state index is 0.0211. The van der Waals surface area contributed by atoms with Crippen LogP contribution in [0.3, 0.4) is 0 Å². The molecule has 0 radical (unpaired) electrons. The average Bonchev–Trinajstić information content (AvgIpc) is 3.38. The molecule has 3 atom stereocenters. The number of hydrogen-bond acceptors (Lipinski definition) is 6. The molecule has 7 nitrogen and oxygen atoms in total. The number of fused-ring (bicyclic) bond motifs is 3. The Kier molecular flexibility index (Phi) is 6.22. The number of esters is 1. The molecule has 1 heterocycles. The van der Waals surface area contributed by atoms with Crippen molar-refractivity contribution >= 4 is 27.4 Å². The van der Waals surface area contributed by atoms with E-state index in [1.54, 1.807) is 44.5 Å². The fourth-order valence-corrected chi connectivity index (χ4v) is 6.35. The van der Waals surface area contributed by atoms with Gasteiger partial charge in [-0.2, -0.15) is 0 Å². The molecule has 186 valence electrons. The minimum atomic E-state index is -3.72. The number of rotatable bonds is 6. The number of carbonyl (C=O) groups is 1. The fourth-order valence-electron chi connectivity index (χ4n) is 5.11. The van der Waals surface area contributed by atoms with Crippen LogP contribution in [0.1, 0.15) is 36.4 Å². The molecular formula is C28H28N2O5S. The van der Waals surface area contributed by atoms with E-state index in [1.165, 1.54) is 11.2 Å². The van der Waals surface area contributed by atoms with Crippen molar-refractivity contribution in [1.82, 2.24) is 0 Å². The van der Waals surface area contributed by atoms with Crippen LogP contribution in [0.5, 0.6) is 11.5 Å². The molecule has 3 unspecified atom stereocenters. The Balaban J connectivity index is 1.49. The molecular weight excluding hydrogens is 476 g/mol. The van der Waals surface area contributed by atoms with Gasteiger partial charge in [0.1, 0.15) is 0 Å². The lowest BCUT2D eigenvalue weighted by Crippen LogP contribution is -2.30. The number of methoxy groups -OCH3 is 1. The van der Waals surface area contributed by atoms with E-state index in [4.69, 9.17) is 9.47 Å². The van der Waals surface area contributed by atoms with Crippen molar-refractivity contribution in [3.63, 3.8) is 0 Å². The van der Waals surface area contributed by atoms with Gasteiger partial charge in [0.15, 0.2) is 11.5 Å². The third-order valence-electron chi connectivity index (χ3n) is 6.91. The van der Waals surface area contributed by atoms with Gasteiger partial charge in [-0.3, -0.25) is 9.10 Å². The number of allylic oxidation sites excluding steroid dienone is 2. The van der Waals surface area contributed by atoms with Crippen LogP contribution in [0.15, 0.2) is 83.8 Å². The highest BCUT2D eigenvalue weighted by molar-refractivity contribution is 7.92. The van der Waals surface area contributed by atoms with Crippen molar-refractivity contribution in [2.75, 3.05) is 23.8 Å². The number of hydrogen-bond donors (Lipinski definition) is 1. The van der Waals surface area contributed by atoms with Crippen LogP contribution in [0.4, 0.5) is 11.4 Å². The molecule has 0 saturated heterocycles. The first-order chi connectivity index (χ1) is 17.3. The summed E-state index contributed by atoms with van der Waals surface area (Å²) in [4.78, 5) is 11.7. The summed E-state index contributed by atoms with van der Waals surface area (Å²) in [5, 5.41) is 3.62. The zero-order chi connectivity index (χ0) is 25.4. The Morgan fingerprint density at radius 3 is 2.53 bits per heavy atom. The lowest BCUT2D eigenvalue weighted by molar-refractivity contribution is -0.132. The normalized spacial score (nSPS) is 20.1. The molecule has 8 heteroatoms. The Labute approximate surface area is 211 Å². The second-order valence-electron chi connectivity index (χ2n) is 9.04. The number of carbonyl (C=O) groups excluding carboxylic acids is 1. The molecule has 0 saturated carbocycles. The molecule has 3 aromatic carbocycles. The number of nitrogens with zero attached hydrogens (tertiary/aromatic N) is 1. The highest BCUT2D eigenvalue weighted by Gasteiger charge is 2.39. The van der Waals surface area contributed by atoms with Crippen LogP contribution in [0.2, 0.25) is 0 Å². The Bertz CT molecular complexity index is 1440. The van der Waals surface area contributed by atoms with Crippen molar-refractivity contribution in [2.24, 2.45) is 5.92 Å². The van der Waals surface area contributed by atoms with Crippen molar-refractivity contribution in [3.05, 3.63) is 90.0 Å². The van der Waals surface area contributed by atoms with Gasteiger partial charge in [-0.25, -0.2) is 8.42 Å². The molecule has 1 N–H and O–H groups in total. The standard InChI is InChI=1S/C28H28N2O5S/c1-18(31)35-26-15-12-19(16-27(26)34-3)28-23-11-7-10-22(23)24-17-21(13-14-25(24)29-28)36(32,33)30(2)20-8-5-4-6-9-20/h4-10,12-17,22-23,28-29H,11H2,1-3H3. The van der Waals surface area contributed by atoms with Gasteiger partial charge in [0.05, 0.1) is 23.7 Å². The third-order valence-corrected chi connectivity index (χ3v) is 8.69. The van der Waals surface area contributed by atoms with E-state index in [-0.39, 0.29) is 22.8 Å². The summed E-state index contributed by atoms with van der Waals surface area (Å²) in [5.74, 6) is 0.732. The van der Waals surface area contributed by atoms with E-state index in [1.807, 2.05) is 36.4 Å². The number of sulfonamides is 1. The van der Waals surface area contributed by atoms with Gasteiger partial charge in [0, 0.05) is 25.6 Å². The lowest BCUT2D eigenvalue weighted by Gasteiger charge is -2.38. The maximum absolute atomic E-state index is 13.4. The van der Waals surface area contributed by atoms with E-state index >= 15 is 0 Å². The fraction of sp³-hybridized carbons (Fsp3) is 0.250. The minimum Gasteiger partial charge on any atom is -0.493 e. The molecule has 0 bridgehead atoms. The van der Waals surface area contributed by atoms with Crippen LogP contribution in [0, 0.1) is 5.92 Å². The second kappa shape index (κ2) is 9.35. The summed E-state index contributed by atoms with van der Waals surface area (Å²) in [6.07, 6.45) is 5.18. The van der Waals surface area contributed by atoms with Gasteiger partial charge < -0.3 is 14.8 Å². The topological polar surface area (TPSA) is 84.9 Å².